The normalized spacial score (nSPS) is 12.6. The number of aromatic nitrogens is 3. The van der Waals surface area contributed by atoms with E-state index < -0.39 is 0 Å². The predicted octanol–water partition coefficient (Wildman–Crippen LogP) is 2.67. The molecule has 0 bridgehead atoms. The molecule has 0 saturated carbocycles. The molecule has 0 fully saturated rings. The number of hydrogen-bond donors (Lipinski definition) is 1. The maximum Gasteiger partial charge on any atom is 0.184 e. The second-order valence-electron chi connectivity index (χ2n) is 3.52. The Balaban J connectivity index is 2.28. The molecule has 1 atom stereocenters. The first-order valence-electron chi connectivity index (χ1n) is 5.48. The van der Waals surface area contributed by atoms with E-state index in [4.69, 9.17) is 16.3 Å². The van der Waals surface area contributed by atoms with Crippen LogP contribution in [0.25, 0.3) is 0 Å². The molecule has 17 heavy (non-hydrogen) atoms. The van der Waals surface area contributed by atoms with Crippen molar-refractivity contribution in [3.63, 3.8) is 0 Å². The number of rotatable bonds is 5. The Morgan fingerprint density at radius 1 is 1.35 bits per heavy atom. The van der Waals surface area contributed by atoms with E-state index in [1.54, 1.807) is 0 Å². The van der Waals surface area contributed by atoms with Gasteiger partial charge >= 0.3 is 0 Å². The lowest BCUT2D eigenvalue weighted by Gasteiger charge is -2.13. The molecular weight excluding hydrogens is 238 g/mol. The van der Waals surface area contributed by atoms with E-state index in [0.29, 0.717) is 24.1 Å². The van der Waals surface area contributed by atoms with Crippen molar-refractivity contribution in [3.05, 3.63) is 47.5 Å². The van der Waals surface area contributed by atoms with Gasteiger partial charge in [-0.3, -0.25) is 5.10 Å². The molecule has 4 nitrogen and oxygen atoms in total. The minimum absolute atomic E-state index is 0.241. The molecule has 2 aromatic rings. The summed E-state index contributed by atoms with van der Waals surface area (Å²) in [4.78, 5) is 4.30. The quantitative estimate of drug-likeness (QED) is 0.832. The fourth-order valence-corrected chi connectivity index (χ4v) is 1.72. The van der Waals surface area contributed by atoms with E-state index in [0.717, 1.165) is 5.56 Å². The fourth-order valence-electron chi connectivity index (χ4n) is 1.60. The van der Waals surface area contributed by atoms with Crippen molar-refractivity contribution in [3.8, 4) is 0 Å². The van der Waals surface area contributed by atoms with Crippen LogP contribution in [-0.4, -0.2) is 21.8 Å². The molecule has 0 aliphatic heterocycles. The van der Waals surface area contributed by atoms with Gasteiger partial charge < -0.3 is 4.74 Å². The van der Waals surface area contributed by atoms with Gasteiger partial charge in [0.1, 0.15) is 11.9 Å². The van der Waals surface area contributed by atoms with Crippen molar-refractivity contribution >= 4 is 11.6 Å². The zero-order valence-electron chi connectivity index (χ0n) is 9.56. The Kier molecular flexibility index (Phi) is 4.12. The first kappa shape index (κ1) is 12.1. The van der Waals surface area contributed by atoms with Crippen LogP contribution in [0.2, 0.25) is 0 Å². The Morgan fingerprint density at radius 3 is 2.71 bits per heavy atom. The van der Waals surface area contributed by atoms with Gasteiger partial charge in [0.2, 0.25) is 0 Å². The Morgan fingerprint density at radius 2 is 2.12 bits per heavy atom. The number of benzene rings is 1. The van der Waals surface area contributed by atoms with Gasteiger partial charge in [0, 0.05) is 6.61 Å². The lowest BCUT2D eigenvalue weighted by atomic mass is 10.1. The highest BCUT2D eigenvalue weighted by atomic mass is 35.5. The number of halogens is 1. The van der Waals surface area contributed by atoms with Gasteiger partial charge in [0.05, 0.1) is 5.88 Å². The van der Waals surface area contributed by atoms with Gasteiger partial charge in [-0.05, 0) is 12.5 Å². The first-order valence-corrected chi connectivity index (χ1v) is 6.02. The van der Waals surface area contributed by atoms with Gasteiger partial charge in [-0.25, -0.2) is 4.98 Å². The highest BCUT2D eigenvalue weighted by molar-refractivity contribution is 6.16. The summed E-state index contributed by atoms with van der Waals surface area (Å²) in [5.41, 5.74) is 1.04. The minimum atomic E-state index is -0.241. The third kappa shape index (κ3) is 2.84. The van der Waals surface area contributed by atoms with E-state index in [1.165, 1.54) is 0 Å². The molecule has 0 amide bonds. The molecule has 0 spiro atoms. The third-order valence-corrected chi connectivity index (χ3v) is 2.60. The van der Waals surface area contributed by atoms with Crippen LogP contribution in [0.4, 0.5) is 0 Å². The van der Waals surface area contributed by atoms with Crippen LogP contribution in [0, 0.1) is 0 Å². The van der Waals surface area contributed by atoms with Crippen molar-refractivity contribution < 1.29 is 4.74 Å². The molecule has 1 heterocycles. The molecule has 5 heteroatoms. The van der Waals surface area contributed by atoms with Gasteiger partial charge in [0.25, 0.3) is 0 Å². The highest BCUT2D eigenvalue weighted by Gasteiger charge is 2.18. The van der Waals surface area contributed by atoms with Gasteiger partial charge in [-0.1, -0.05) is 30.3 Å². The van der Waals surface area contributed by atoms with Crippen LogP contribution in [0.3, 0.4) is 0 Å². The largest absolute Gasteiger partial charge is 0.366 e. The van der Waals surface area contributed by atoms with E-state index in [2.05, 4.69) is 15.2 Å². The van der Waals surface area contributed by atoms with Crippen molar-refractivity contribution in [1.82, 2.24) is 15.2 Å². The summed E-state index contributed by atoms with van der Waals surface area (Å²) in [6.07, 6.45) is -0.241. The van der Waals surface area contributed by atoms with Crippen LogP contribution < -0.4 is 0 Å². The fraction of sp³-hybridized carbons (Fsp3) is 0.333. The molecule has 90 valence electrons. The van der Waals surface area contributed by atoms with Crippen LogP contribution in [0.1, 0.15) is 30.2 Å². The van der Waals surface area contributed by atoms with Gasteiger partial charge in [-0.2, -0.15) is 5.10 Å². The Labute approximate surface area is 105 Å². The van der Waals surface area contributed by atoms with Crippen LogP contribution >= 0.6 is 11.6 Å². The second kappa shape index (κ2) is 5.80. The topological polar surface area (TPSA) is 50.8 Å². The standard InChI is InChI=1S/C12H14ClN3O/c1-2-17-11(9-6-4-3-5-7-9)12-14-10(8-13)15-16-12/h3-7,11H,2,8H2,1H3,(H,14,15,16). The summed E-state index contributed by atoms with van der Waals surface area (Å²) in [7, 11) is 0. The van der Waals surface area contributed by atoms with E-state index >= 15 is 0 Å². The molecule has 2 rings (SSSR count). The molecule has 1 aromatic heterocycles. The average molecular weight is 252 g/mol. The second-order valence-corrected chi connectivity index (χ2v) is 3.79. The first-order chi connectivity index (χ1) is 8.35. The number of hydrogen-bond acceptors (Lipinski definition) is 3. The van der Waals surface area contributed by atoms with E-state index in [-0.39, 0.29) is 6.10 Å². The van der Waals surface area contributed by atoms with Crippen molar-refractivity contribution in [2.45, 2.75) is 18.9 Å². The molecule has 1 unspecified atom stereocenters. The maximum absolute atomic E-state index is 5.69. The molecular formula is C12H14ClN3O. The number of nitrogens with zero attached hydrogens (tertiary/aromatic N) is 2. The lowest BCUT2D eigenvalue weighted by molar-refractivity contribution is 0.0853. The van der Waals surface area contributed by atoms with Crippen molar-refractivity contribution in [2.75, 3.05) is 6.61 Å². The smallest absolute Gasteiger partial charge is 0.184 e. The molecule has 0 radical (unpaired) electrons. The number of ether oxygens (including phenoxy) is 1. The maximum atomic E-state index is 5.69. The number of aromatic amines is 1. The highest BCUT2D eigenvalue weighted by Crippen LogP contribution is 2.22. The van der Waals surface area contributed by atoms with Gasteiger partial charge in [0.15, 0.2) is 5.82 Å². The molecule has 1 aromatic carbocycles. The summed E-state index contributed by atoms with van der Waals surface area (Å²) in [6, 6.07) is 9.90. The monoisotopic (exact) mass is 251 g/mol. The molecule has 0 saturated heterocycles. The zero-order chi connectivity index (χ0) is 12.1. The van der Waals surface area contributed by atoms with Crippen LogP contribution in [0.5, 0.6) is 0 Å². The SMILES string of the molecule is CCOC(c1ccccc1)c1n[nH]c(CCl)n1. The molecule has 0 aliphatic rings. The Bertz CT molecular complexity index is 458. The predicted molar refractivity (Wildman–Crippen MR) is 65.9 cm³/mol. The van der Waals surface area contributed by atoms with E-state index in [1.807, 2.05) is 37.3 Å². The van der Waals surface area contributed by atoms with Crippen molar-refractivity contribution in [1.29, 1.82) is 0 Å². The summed E-state index contributed by atoms with van der Waals surface area (Å²) in [5, 5.41) is 6.93. The van der Waals surface area contributed by atoms with Crippen LogP contribution in [-0.2, 0) is 10.6 Å². The lowest BCUT2D eigenvalue weighted by Crippen LogP contribution is -2.08. The van der Waals surface area contributed by atoms with Gasteiger partial charge in [-0.15, -0.1) is 11.6 Å². The average Bonchev–Trinajstić information content (AvgIpc) is 2.85. The number of alkyl halides is 1. The van der Waals surface area contributed by atoms with E-state index in [9.17, 15) is 0 Å². The van der Waals surface area contributed by atoms with Crippen molar-refractivity contribution in [2.24, 2.45) is 0 Å². The number of H-pyrrole nitrogens is 1. The summed E-state index contributed by atoms with van der Waals surface area (Å²) < 4.78 is 5.68. The number of nitrogens with one attached hydrogen (secondary N) is 1. The third-order valence-electron chi connectivity index (χ3n) is 2.35. The molecule has 1 N–H and O–H groups in total. The molecule has 0 aliphatic carbocycles. The summed E-state index contributed by atoms with van der Waals surface area (Å²) in [5.74, 6) is 1.59. The zero-order valence-corrected chi connectivity index (χ0v) is 10.3. The summed E-state index contributed by atoms with van der Waals surface area (Å²) in [6.45, 7) is 2.55. The summed E-state index contributed by atoms with van der Waals surface area (Å²) >= 11 is 5.69. The van der Waals surface area contributed by atoms with Crippen LogP contribution in [0.15, 0.2) is 30.3 Å². The Hall–Kier alpha value is -1.39. The minimum Gasteiger partial charge on any atom is -0.366 e.